The molecule has 0 spiro atoms. The Morgan fingerprint density at radius 1 is 1.16 bits per heavy atom. The zero-order valence-corrected chi connectivity index (χ0v) is 16.3. The molecule has 0 saturated heterocycles. The molecule has 0 heterocycles. The van der Waals surface area contributed by atoms with Crippen molar-refractivity contribution in [3.63, 3.8) is 0 Å². The standard InChI is InChI=1S/C22H34O3/c1-14(23)17-7-8-18-16-6-5-15-13-22(24,25-4)12-11-20(15,2)19(16)9-10-21(17,18)3/h5,16-19,24H,6-13H2,1-4H3/t16-,17+,18-,19-,20-,21+,22-/m0/s1. The fraction of sp³-hybridized carbons (Fsp3) is 0.864. The van der Waals surface area contributed by atoms with Gasteiger partial charge in [0.2, 0.25) is 0 Å². The van der Waals surface area contributed by atoms with Crippen LogP contribution in [0.3, 0.4) is 0 Å². The van der Waals surface area contributed by atoms with Crippen molar-refractivity contribution in [3.8, 4) is 0 Å². The molecule has 7 atom stereocenters. The molecule has 0 aromatic heterocycles. The largest absolute Gasteiger partial charge is 0.365 e. The number of carbonyl (C=O) groups is 1. The fourth-order valence-corrected chi connectivity index (χ4v) is 7.46. The van der Waals surface area contributed by atoms with Crippen LogP contribution in [-0.2, 0) is 9.53 Å². The summed E-state index contributed by atoms with van der Waals surface area (Å²) in [5, 5.41) is 10.6. The molecule has 0 amide bonds. The Labute approximate surface area is 152 Å². The van der Waals surface area contributed by atoms with Crippen molar-refractivity contribution in [2.45, 2.75) is 77.9 Å². The molecule has 0 aromatic rings. The number of Topliss-reactive ketones (excluding diaryl/α,β-unsaturated/α-hetero) is 1. The minimum atomic E-state index is -0.964. The number of allylic oxidation sites excluding steroid dienone is 1. The maximum atomic E-state index is 12.2. The first kappa shape index (κ1) is 17.7. The third-order valence-electron chi connectivity index (χ3n) is 9.00. The van der Waals surface area contributed by atoms with E-state index in [1.54, 1.807) is 14.0 Å². The second kappa shape index (κ2) is 5.66. The van der Waals surface area contributed by atoms with E-state index in [1.807, 2.05) is 0 Å². The van der Waals surface area contributed by atoms with E-state index in [0.29, 0.717) is 30.0 Å². The molecular formula is C22H34O3. The lowest BCUT2D eigenvalue weighted by Crippen LogP contribution is -2.52. The van der Waals surface area contributed by atoms with Gasteiger partial charge in [-0.3, -0.25) is 4.79 Å². The first-order valence-electron chi connectivity index (χ1n) is 10.2. The summed E-state index contributed by atoms with van der Waals surface area (Å²) in [6.07, 6.45) is 10.7. The maximum Gasteiger partial charge on any atom is 0.168 e. The van der Waals surface area contributed by atoms with Crippen molar-refractivity contribution in [1.82, 2.24) is 0 Å². The van der Waals surface area contributed by atoms with Crippen molar-refractivity contribution in [1.29, 1.82) is 0 Å². The highest BCUT2D eigenvalue weighted by Gasteiger charge is 2.60. The van der Waals surface area contributed by atoms with Crippen molar-refractivity contribution >= 4 is 5.78 Å². The molecule has 25 heavy (non-hydrogen) atoms. The normalized spacial score (nSPS) is 52.0. The van der Waals surface area contributed by atoms with Crippen LogP contribution in [0.1, 0.15) is 72.1 Å². The molecule has 1 N–H and O–H groups in total. The number of ether oxygens (including phenoxy) is 1. The van der Waals surface area contributed by atoms with Crippen molar-refractivity contribution in [2.75, 3.05) is 7.11 Å². The van der Waals surface area contributed by atoms with Crippen LogP contribution in [0.5, 0.6) is 0 Å². The molecule has 0 unspecified atom stereocenters. The van der Waals surface area contributed by atoms with Gasteiger partial charge in [0.25, 0.3) is 0 Å². The van der Waals surface area contributed by atoms with Crippen LogP contribution in [0.25, 0.3) is 0 Å². The molecule has 140 valence electrons. The summed E-state index contributed by atoms with van der Waals surface area (Å²) in [6.45, 7) is 6.64. The Balaban J connectivity index is 1.64. The second-order valence-corrected chi connectivity index (χ2v) is 9.87. The average molecular weight is 347 g/mol. The van der Waals surface area contributed by atoms with Gasteiger partial charge in [-0.2, -0.15) is 0 Å². The van der Waals surface area contributed by atoms with E-state index in [2.05, 4.69) is 19.9 Å². The number of rotatable bonds is 2. The smallest absolute Gasteiger partial charge is 0.168 e. The summed E-state index contributed by atoms with van der Waals surface area (Å²) in [4.78, 5) is 12.2. The van der Waals surface area contributed by atoms with Crippen molar-refractivity contribution in [3.05, 3.63) is 11.6 Å². The van der Waals surface area contributed by atoms with E-state index in [1.165, 1.54) is 24.8 Å². The van der Waals surface area contributed by atoms with E-state index in [9.17, 15) is 9.90 Å². The number of hydrogen-bond donors (Lipinski definition) is 1. The van der Waals surface area contributed by atoms with Gasteiger partial charge in [-0.25, -0.2) is 0 Å². The maximum absolute atomic E-state index is 12.2. The SMILES string of the molecule is CO[C@@]1(O)CC[C@@]2(C)C(=CC[C@H]3[C@@H]4CC[C@H](C(C)=O)[C@@]4(C)CC[C@@H]32)C1. The quantitative estimate of drug-likeness (QED) is 0.592. The molecule has 3 heteroatoms. The van der Waals surface area contributed by atoms with Crippen molar-refractivity contribution < 1.29 is 14.6 Å². The van der Waals surface area contributed by atoms with Gasteiger partial charge in [0.05, 0.1) is 0 Å². The lowest BCUT2D eigenvalue weighted by molar-refractivity contribution is -0.209. The van der Waals surface area contributed by atoms with Crippen LogP contribution < -0.4 is 0 Å². The predicted molar refractivity (Wildman–Crippen MR) is 97.8 cm³/mol. The van der Waals surface area contributed by atoms with Gasteiger partial charge >= 0.3 is 0 Å². The first-order valence-corrected chi connectivity index (χ1v) is 10.2. The summed E-state index contributed by atoms with van der Waals surface area (Å²) >= 11 is 0. The van der Waals surface area contributed by atoms with Gasteiger partial charge < -0.3 is 9.84 Å². The van der Waals surface area contributed by atoms with Gasteiger partial charge in [0, 0.05) is 25.9 Å². The highest BCUT2D eigenvalue weighted by molar-refractivity contribution is 5.79. The van der Waals surface area contributed by atoms with E-state index >= 15 is 0 Å². The number of carbonyl (C=O) groups excluding carboxylic acids is 1. The van der Waals surface area contributed by atoms with E-state index in [-0.39, 0.29) is 16.7 Å². The topological polar surface area (TPSA) is 46.5 Å². The number of fused-ring (bicyclic) bond motifs is 5. The van der Waals surface area contributed by atoms with Gasteiger partial charge in [-0.05, 0) is 74.0 Å². The molecule has 4 aliphatic carbocycles. The summed E-state index contributed by atoms with van der Waals surface area (Å²) in [7, 11) is 1.63. The molecule has 3 nitrogen and oxygen atoms in total. The summed E-state index contributed by atoms with van der Waals surface area (Å²) in [5.74, 6) is 1.83. The molecule has 3 fully saturated rings. The molecule has 3 saturated carbocycles. The highest BCUT2D eigenvalue weighted by Crippen LogP contribution is 2.66. The van der Waals surface area contributed by atoms with Gasteiger partial charge in [-0.15, -0.1) is 0 Å². The first-order chi connectivity index (χ1) is 11.7. The third-order valence-corrected chi connectivity index (χ3v) is 9.00. The summed E-state index contributed by atoms with van der Waals surface area (Å²) < 4.78 is 5.41. The van der Waals surface area contributed by atoms with E-state index in [0.717, 1.165) is 25.7 Å². The molecule has 4 rings (SSSR count). The number of methoxy groups -OCH3 is 1. The summed E-state index contributed by atoms with van der Waals surface area (Å²) in [5.41, 5.74) is 1.86. The predicted octanol–water partition coefficient (Wildman–Crippen LogP) is 4.49. The minimum absolute atomic E-state index is 0.212. The Kier molecular flexibility index (Phi) is 4.01. The van der Waals surface area contributed by atoms with Crippen LogP contribution in [-0.4, -0.2) is 23.8 Å². The van der Waals surface area contributed by atoms with Gasteiger partial charge in [0.15, 0.2) is 5.79 Å². The average Bonchev–Trinajstić information content (AvgIpc) is 2.93. The minimum Gasteiger partial charge on any atom is -0.365 e. The number of aliphatic hydroxyl groups is 1. The lowest BCUT2D eigenvalue weighted by Gasteiger charge is -2.58. The highest BCUT2D eigenvalue weighted by atomic mass is 16.6. The van der Waals surface area contributed by atoms with Gasteiger partial charge in [-0.1, -0.05) is 25.5 Å². The molecule has 0 aliphatic heterocycles. The Morgan fingerprint density at radius 2 is 1.92 bits per heavy atom. The van der Waals surface area contributed by atoms with E-state index < -0.39 is 5.79 Å². The lowest BCUT2D eigenvalue weighted by atomic mass is 9.47. The Morgan fingerprint density at radius 3 is 2.60 bits per heavy atom. The van der Waals surface area contributed by atoms with Gasteiger partial charge in [0.1, 0.15) is 5.78 Å². The Hall–Kier alpha value is -0.670. The van der Waals surface area contributed by atoms with E-state index in [4.69, 9.17) is 4.74 Å². The summed E-state index contributed by atoms with van der Waals surface area (Å²) in [6, 6.07) is 0. The second-order valence-electron chi connectivity index (χ2n) is 9.87. The molecule has 0 bridgehead atoms. The van der Waals surface area contributed by atoms with Crippen LogP contribution in [0, 0.1) is 34.5 Å². The number of ketones is 1. The van der Waals surface area contributed by atoms with Crippen LogP contribution >= 0.6 is 0 Å². The van der Waals surface area contributed by atoms with Crippen LogP contribution in [0.15, 0.2) is 11.6 Å². The zero-order chi connectivity index (χ0) is 18.0. The third kappa shape index (κ3) is 2.41. The van der Waals surface area contributed by atoms with Crippen LogP contribution in [0.4, 0.5) is 0 Å². The van der Waals surface area contributed by atoms with Crippen LogP contribution in [0.2, 0.25) is 0 Å². The fourth-order valence-electron chi connectivity index (χ4n) is 7.46. The molecule has 0 aromatic carbocycles. The molecule has 4 aliphatic rings. The molecular weight excluding hydrogens is 312 g/mol. The zero-order valence-electron chi connectivity index (χ0n) is 16.3. The Bertz CT molecular complexity index is 610. The molecule has 0 radical (unpaired) electrons. The number of hydrogen-bond acceptors (Lipinski definition) is 3. The monoisotopic (exact) mass is 346 g/mol. The van der Waals surface area contributed by atoms with Crippen molar-refractivity contribution in [2.24, 2.45) is 34.5 Å².